The summed E-state index contributed by atoms with van der Waals surface area (Å²) in [4.78, 5) is 4.38. The molecule has 0 fully saturated rings. The highest BCUT2D eigenvalue weighted by Crippen LogP contribution is 2.21. The van der Waals surface area contributed by atoms with Crippen molar-refractivity contribution in [2.24, 2.45) is 10.9 Å². The summed E-state index contributed by atoms with van der Waals surface area (Å²) in [5.41, 5.74) is 2.70. The molecule has 0 spiro atoms. The highest BCUT2D eigenvalue weighted by molar-refractivity contribution is 5.84. The number of nitrogens with zero attached hydrogens (tertiary/aromatic N) is 1. The Bertz CT molecular complexity index is 392. The second-order valence-electron chi connectivity index (χ2n) is 5.13. The van der Waals surface area contributed by atoms with E-state index in [-0.39, 0.29) is 5.92 Å². The monoisotopic (exact) mass is 231 g/mol. The van der Waals surface area contributed by atoms with Gasteiger partial charge in [0.1, 0.15) is 6.61 Å². The van der Waals surface area contributed by atoms with Crippen LogP contribution >= 0.6 is 0 Å². The number of rotatable bonds is 4. The molecule has 1 unspecified atom stereocenters. The van der Waals surface area contributed by atoms with Crippen molar-refractivity contribution in [1.82, 2.24) is 0 Å². The summed E-state index contributed by atoms with van der Waals surface area (Å²) in [6.07, 6.45) is 1.14. The molecule has 0 amide bonds. The van der Waals surface area contributed by atoms with Crippen molar-refractivity contribution in [3.05, 3.63) is 35.4 Å². The van der Waals surface area contributed by atoms with E-state index < -0.39 is 0 Å². The van der Waals surface area contributed by atoms with Crippen molar-refractivity contribution < 1.29 is 4.74 Å². The summed E-state index contributed by atoms with van der Waals surface area (Å²) in [5, 5.41) is 0. The van der Waals surface area contributed by atoms with E-state index in [1.807, 2.05) is 0 Å². The standard InChI is InChI=1S/C15H21NO/c1-11(2)10-13-4-6-14(7-5-13)12(3)15-16-8-9-17-15/h4-7,11-12H,8-10H2,1-3H3. The zero-order valence-corrected chi connectivity index (χ0v) is 10.9. The summed E-state index contributed by atoms with van der Waals surface area (Å²) < 4.78 is 5.51. The lowest BCUT2D eigenvalue weighted by molar-refractivity contribution is 0.334. The molecular weight excluding hydrogens is 210 g/mol. The second-order valence-corrected chi connectivity index (χ2v) is 5.13. The molecule has 2 nitrogen and oxygen atoms in total. The Morgan fingerprint density at radius 1 is 1.18 bits per heavy atom. The lowest BCUT2D eigenvalue weighted by Gasteiger charge is -2.12. The Morgan fingerprint density at radius 2 is 1.88 bits per heavy atom. The molecule has 1 aromatic carbocycles. The fourth-order valence-electron chi connectivity index (χ4n) is 2.17. The average molecular weight is 231 g/mol. The number of ether oxygens (including phenoxy) is 1. The smallest absolute Gasteiger partial charge is 0.190 e. The highest BCUT2D eigenvalue weighted by Gasteiger charge is 2.17. The molecule has 0 N–H and O–H groups in total. The average Bonchev–Trinajstić information content (AvgIpc) is 2.82. The van der Waals surface area contributed by atoms with Gasteiger partial charge in [0.05, 0.1) is 12.5 Å². The third-order valence-electron chi connectivity index (χ3n) is 3.10. The van der Waals surface area contributed by atoms with Crippen molar-refractivity contribution >= 4 is 5.90 Å². The van der Waals surface area contributed by atoms with Gasteiger partial charge in [-0.25, -0.2) is 0 Å². The SMILES string of the molecule is CC(C)Cc1ccc(C(C)C2=NCCO2)cc1. The molecule has 17 heavy (non-hydrogen) atoms. The minimum Gasteiger partial charge on any atom is -0.479 e. The Hall–Kier alpha value is -1.31. The minimum atomic E-state index is 0.283. The van der Waals surface area contributed by atoms with Gasteiger partial charge in [-0.3, -0.25) is 4.99 Å². The first kappa shape index (κ1) is 12.2. The van der Waals surface area contributed by atoms with Crippen LogP contribution in [-0.4, -0.2) is 19.0 Å². The molecule has 2 heteroatoms. The van der Waals surface area contributed by atoms with Crippen LogP contribution in [0.4, 0.5) is 0 Å². The van der Waals surface area contributed by atoms with E-state index in [1.165, 1.54) is 11.1 Å². The van der Waals surface area contributed by atoms with E-state index in [2.05, 4.69) is 50.0 Å². The van der Waals surface area contributed by atoms with Crippen LogP contribution in [0.5, 0.6) is 0 Å². The zero-order chi connectivity index (χ0) is 12.3. The maximum absolute atomic E-state index is 5.51. The first-order valence-electron chi connectivity index (χ1n) is 6.43. The van der Waals surface area contributed by atoms with Crippen LogP contribution < -0.4 is 0 Å². The molecule has 1 aliphatic rings. The Morgan fingerprint density at radius 3 is 2.41 bits per heavy atom. The molecule has 1 atom stereocenters. The number of hydrogen-bond acceptors (Lipinski definition) is 2. The van der Waals surface area contributed by atoms with Gasteiger partial charge in [0.2, 0.25) is 0 Å². The first-order chi connectivity index (χ1) is 8.16. The topological polar surface area (TPSA) is 21.6 Å². The summed E-state index contributed by atoms with van der Waals surface area (Å²) in [6, 6.07) is 8.85. The van der Waals surface area contributed by atoms with Gasteiger partial charge in [0, 0.05) is 0 Å². The molecule has 1 heterocycles. The molecule has 92 valence electrons. The maximum Gasteiger partial charge on any atom is 0.190 e. The minimum absolute atomic E-state index is 0.283. The van der Waals surface area contributed by atoms with Gasteiger partial charge >= 0.3 is 0 Å². The van der Waals surface area contributed by atoms with Crippen molar-refractivity contribution in [1.29, 1.82) is 0 Å². The highest BCUT2D eigenvalue weighted by atomic mass is 16.5. The molecule has 1 aromatic rings. The van der Waals surface area contributed by atoms with Gasteiger partial charge in [-0.1, -0.05) is 38.1 Å². The van der Waals surface area contributed by atoms with E-state index in [0.29, 0.717) is 5.92 Å². The molecule has 1 aliphatic heterocycles. The van der Waals surface area contributed by atoms with Crippen LogP contribution in [0, 0.1) is 5.92 Å². The van der Waals surface area contributed by atoms with Crippen LogP contribution in [-0.2, 0) is 11.2 Å². The van der Waals surface area contributed by atoms with Gasteiger partial charge in [0.15, 0.2) is 5.90 Å². The summed E-state index contributed by atoms with van der Waals surface area (Å²) in [6.45, 7) is 8.20. The number of hydrogen-bond donors (Lipinski definition) is 0. The van der Waals surface area contributed by atoms with E-state index in [4.69, 9.17) is 4.74 Å². The van der Waals surface area contributed by atoms with Crippen LogP contribution in [0.25, 0.3) is 0 Å². The van der Waals surface area contributed by atoms with Crippen molar-refractivity contribution in [2.75, 3.05) is 13.2 Å². The van der Waals surface area contributed by atoms with Crippen LogP contribution in [0.2, 0.25) is 0 Å². The fraction of sp³-hybridized carbons (Fsp3) is 0.533. The first-order valence-corrected chi connectivity index (χ1v) is 6.43. The van der Waals surface area contributed by atoms with Gasteiger partial charge in [0.25, 0.3) is 0 Å². The van der Waals surface area contributed by atoms with Gasteiger partial charge < -0.3 is 4.74 Å². The lowest BCUT2D eigenvalue weighted by Crippen LogP contribution is -2.09. The number of aliphatic imine (C=N–C) groups is 1. The van der Waals surface area contributed by atoms with Crippen molar-refractivity contribution in [3.8, 4) is 0 Å². The van der Waals surface area contributed by atoms with Crippen molar-refractivity contribution in [3.63, 3.8) is 0 Å². The molecule has 0 radical (unpaired) electrons. The van der Waals surface area contributed by atoms with E-state index in [1.54, 1.807) is 0 Å². The normalized spacial score (nSPS) is 16.8. The van der Waals surface area contributed by atoms with Crippen LogP contribution in [0.15, 0.2) is 29.3 Å². The third kappa shape index (κ3) is 3.09. The molecule has 0 aromatic heterocycles. The summed E-state index contributed by atoms with van der Waals surface area (Å²) in [5.74, 6) is 1.88. The molecule has 0 bridgehead atoms. The van der Waals surface area contributed by atoms with Gasteiger partial charge in [-0.2, -0.15) is 0 Å². The molecule has 0 saturated heterocycles. The van der Waals surface area contributed by atoms with Crippen LogP contribution in [0.1, 0.15) is 37.8 Å². The Balaban J connectivity index is 2.06. The summed E-state index contributed by atoms with van der Waals surface area (Å²) >= 11 is 0. The Labute approximate surface area is 104 Å². The van der Waals surface area contributed by atoms with Crippen molar-refractivity contribution in [2.45, 2.75) is 33.1 Å². The predicted octanol–water partition coefficient (Wildman–Crippen LogP) is 3.42. The third-order valence-corrected chi connectivity index (χ3v) is 3.10. The van der Waals surface area contributed by atoms with E-state index in [0.717, 1.165) is 25.5 Å². The van der Waals surface area contributed by atoms with Gasteiger partial charge in [-0.15, -0.1) is 0 Å². The molecule has 2 rings (SSSR count). The second kappa shape index (κ2) is 5.35. The van der Waals surface area contributed by atoms with Crippen LogP contribution in [0.3, 0.4) is 0 Å². The largest absolute Gasteiger partial charge is 0.479 e. The predicted molar refractivity (Wildman–Crippen MR) is 71.7 cm³/mol. The van der Waals surface area contributed by atoms with E-state index >= 15 is 0 Å². The lowest BCUT2D eigenvalue weighted by atomic mass is 9.97. The quantitative estimate of drug-likeness (QED) is 0.778. The Kier molecular flexibility index (Phi) is 3.82. The molecule has 0 aliphatic carbocycles. The molecular formula is C15H21NO. The molecule has 0 saturated carbocycles. The number of benzene rings is 1. The summed E-state index contributed by atoms with van der Waals surface area (Å²) in [7, 11) is 0. The van der Waals surface area contributed by atoms with Gasteiger partial charge in [-0.05, 0) is 30.4 Å². The fourth-order valence-corrected chi connectivity index (χ4v) is 2.17. The van der Waals surface area contributed by atoms with E-state index in [9.17, 15) is 0 Å². The zero-order valence-electron chi connectivity index (χ0n) is 10.9. The maximum atomic E-state index is 5.51.